The third-order valence-corrected chi connectivity index (χ3v) is 5.43. The summed E-state index contributed by atoms with van der Waals surface area (Å²) in [5.74, 6) is 1.64. The van der Waals surface area contributed by atoms with Gasteiger partial charge in [-0.1, -0.05) is 18.2 Å². The molecule has 29 heavy (non-hydrogen) atoms. The lowest BCUT2D eigenvalue weighted by molar-refractivity contribution is -0.119. The van der Waals surface area contributed by atoms with Gasteiger partial charge in [0, 0.05) is 17.1 Å². The minimum absolute atomic E-state index is 0.0500. The number of methoxy groups -OCH3 is 2. The van der Waals surface area contributed by atoms with Crippen molar-refractivity contribution in [1.29, 1.82) is 0 Å². The molecule has 0 bridgehead atoms. The molecule has 0 N–H and O–H groups in total. The Bertz CT molecular complexity index is 910. The maximum absolute atomic E-state index is 13.2. The third kappa shape index (κ3) is 5.82. The monoisotopic (exact) mass is 410 g/mol. The second-order valence-corrected chi connectivity index (χ2v) is 7.81. The van der Waals surface area contributed by atoms with Crippen molar-refractivity contribution in [3.05, 3.63) is 76.5 Å². The molecule has 0 saturated carbocycles. The summed E-state index contributed by atoms with van der Waals surface area (Å²) >= 11 is 1.65. The van der Waals surface area contributed by atoms with Crippen LogP contribution in [0.25, 0.3) is 0 Å². The van der Waals surface area contributed by atoms with Gasteiger partial charge in [-0.05, 0) is 60.5 Å². The molecule has 1 aromatic heterocycles. The molecule has 0 unspecified atom stereocenters. The Morgan fingerprint density at radius 1 is 0.931 bits per heavy atom. The molecule has 0 aliphatic carbocycles. The van der Waals surface area contributed by atoms with Crippen LogP contribution in [0.15, 0.2) is 66.0 Å². The molecule has 6 heteroatoms. The van der Waals surface area contributed by atoms with Crippen molar-refractivity contribution >= 4 is 22.9 Å². The van der Waals surface area contributed by atoms with Gasteiger partial charge in [0.1, 0.15) is 11.5 Å². The highest BCUT2D eigenvalue weighted by atomic mass is 32.1. The average molecular weight is 411 g/mol. The SMILES string of the molecule is COc1ccc(N(Cc2cccs2)C(=O)CN(C)Cc2cccc(OC)c2)cc1. The number of benzene rings is 2. The molecule has 0 saturated heterocycles. The Morgan fingerprint density at radius 3 is 2.34 bits per heavy atom. The molecule has 0 fully saturated rings. The van der Waals surface area contributed by atoms with E-state index >= 15 is 0 Å². The second-order valence-electron chi connectivity index (χ2n) is 6.78. The van der Waals surface area contributed by atoms with Crippen LogP contribution in [0.4, 0.5) is 5.69 Å². The summed E-state index contributed by atoms with van der Waals surface area (Å²) in [6.07, 6.45) is 0. The lowest BCUT2D eigenvalue weighted by atomic mass is 10.2. The summed E-state index contributed by atoms with van der Waals surface area (Å²) in [5, 5.41) is 2.03. The van der Waals surface area contributed by atoms with Gasteiger partial charge in [0.2, 0.25) is 5.91 Å². The fraction of sp³-hybridized carbons (Fsp3) is 0.261. The van der Waals surface area contributed by atoms with Crippen LogP contribution in [-0.2, 0) is 17.9 Å². The van der Waals surface area contributed by atoms with Gasteiger partial charge in [0.15, 0.2) is 0 Å². The minimum Gasteiger partial charge on any atom is -0.497 e. The smallest absolute Gasteiger partial charge is 0.241 e. The number of rotatable bonds is 9. The highest BCUT2D eigenvalue weighted by Crippen LogP contribution is 2.23. The summed E-state index contributed by atoms with van der Waals surface area (Å²) in [6, 6.07) is 19.6. The number of anilines is 1. The van der Waals surface area contributed by atoms with Gasteiger partial charge < -0.3 is 14.4 Å². The van der Waals surface area contributed by atoms with E-state index in [1.54, 1.807) is 25.6 Å². The number of carbonyl (C=O) groups excluding carboxylic acids is 1. The molecule has 0 atom stereocenters. The molecule has 1 amide bonds. The predicted octanol–water partition coefficient (Wildman–Crippen LogP) is 4.43. The van der Waals surface area contributed by atoms with E-state index in [9.17, 15) is 4.79 Å². The fourth-order valence-corrected chi connectivity index (χ4v) is 3.79. The fourth-order valence-electron chi connectivity index (χ4n) is 3.10. The summed E-state index contributed by atoms with van der Waals surface area (Å²) in [7, 11) is 5.25. The number of likely N-dealkylation sites (N-methyl/N-ethyl adjacent to an activating group) is 1. The number of ether oxygens (including phenoxy) is 2. The van der Waals surface area contributed by atoms with E-state index < -0.39 is 0 Å². The molecule has 5 nitrogen and oxygen atoms in total. The zero-order valence-corrected chi connectivity index (χ0v) is 17.8. The van der Waals surface area contributed by atoms with Gasteiger partial charge in [-0.2, -0.15) is 0 Å². The zero-order chi connectivity index (χ0) is 20.6. The van der Waals surface area contributed by atoms with Gasteiger partial charge in [-0.15, -0.1) is 11.3 Å². The summed E-state index contributed by atoms with van der Waals surface area (Å²) in [6.45, 7) is 1.53. The lowest BCUT2D eigenvalue weighted by Gasteiger charge is -2.25. The van der Waals surface area contributed by atoms with E-state index in [1.807, 2.05) is 76.8 Å². The highest BCUT2D eigenvalue weighted by Gasteiger charge is 2.19. The zero-order valence-electron chi connectivity index (χ0n) is 17.0. The molecule has 0 spiro atoms. The highest BCUT2D eigenvalue weighted by molar-refractivity contribution is 7.09. The van der Waals surface area contributed by atoms with Crippen LogP contribution in [0.3, 0.4) is 0 Å². The van der Waals surface area contributed by atoms with E-state index in [0.29, 0.717) is 19.6 Å². The Hall–Kier alpha value is -2.83. The van der Waals surface area contributed by atoms with Crippen molar-refractivity contribution in [2.24, 2.45) is 0 Å². The topological polar surface area (TPSA) is 42.0 Å². The van der Waals surface area contributed by atoms with Crippen LogP contribution >= 0.6 is 11.3 Å². The Morgan fingerprint density at radius 2 is 1.69 bits per heavy atom. The van der Waals surface area contributed by atoms with Crippen molar-refractivity contribution < 1.29 is 14.3 Å². The van der Waals surface area contributed by atoms with Crippen molar-refractivity contribution in [3.63, 3.8) is 0 Å². The van der Waals surface area contributed by atoms with E-state index in [0.717, 1.165) is 27.6 Å². The van der Waals surface area contributed by atoms with E-state index in [1.165, 1.54) is 0 Å². The Balaban J connectivity index is 1.72. The molecule has 152 valence electrons. The largest absolute Gasteiger partial charge is 0.497 e. The lowest BCUT2D eigenvalue weighted by Crippen LogP contribution is -2.38. The Labute approximate surface area is 176 Å². The number of thiophene rings is 1. The van der Waals surface area contributed by atoms with Gasteiger partial charge >= 0.3 is 0 Å². The molecule has 0 aliphatic rings. The van der Waals surface area contributed by atoms with E-state index in [-0.39, 0.29) is 5.91 Å². The first-order chi connectivity index (χ1) is 14.1. The summed E-state index contributed by atoms with van der Waals surface area (Å²) in [4.78, 5) is 18.2. The second kappa shape index (κ2) is 10.1. The van der Waals surface area contributed by atoms with E-state index in [4.69, 9.17) is 9.47 Å². The van der Waals surface area contributed by atoms with Crippen molar-refractivity contribution in [3.8, 4) is 11.5 Å². The maximum atomic E-state index is 13.2. The molecule has 3 rings (SSSR count). The first-order valence-electron chi connectivity index (χ1n) is 9.37. The molecule has 2 aromatic carbocycles. The molecular weight excluding hydrogens is 384 g/mol. The van der Waals surface area contributed by atoms with Crippen LogP contribution in [0.1, 0.15) is 10.4 Å². The first kappa shape index (κ1) is 20.9. The van der Waals surface area contributed by atoms with Gasteiger partial charge in [-0.3, -0.25) is 9.69 Å². The summed E-state index contributed by atoms with van der Waals surface area (Å²) < 4.78 is 10.5. The van der Waals surface area contributed by atoms with Crippen LogP contribution in [-0.4, -0.2) is 38.6 Å². The van der Waals surface area contributed by atoms with Crippen molar-refractivity contribution in [2.75, 3.05) is 32.7 Å². The molecule has 3 aromatic rings. The van der Waals surface area contributed by atoms with E-state index in [2.05, 4.69) is 6.07 Å². The minimum atomic E-state index is 0.0500. The normalized spacial score (nSPS) is 10.8. The first-order valence-corrected chi connectivity index (χ1v) is 10.3. The van der Waals surface area contributed by atoms with Gasteiger partial charge in [0.25, 0.3) is 0 Å². The maximum Gasteiger partial charge on any atom is 0.241 e. The standard InChI is InChI=1S/C23H26N2O3S/c1-24(15-18-6-4-7-21(14-18)28-3)17-23(26)25(16-22-8-5-13-29-22)19-9-11-20(27-2)12-10-19/h4-14H,15-17H2,1-3H3. The summed E-state index contributed by atoms with van der Waals surface area (Å²) in [5.41, 5.74) is 1.97. The van der Waals surface area contributed by atoms with Crippen LogP contribution in [0.2, 0.25) is 0 Å². The molecule has 1 heterocycles. The predicted molar refractivity (Wildman–Crippen MR) is 118 cm³/mol. The number of carbonyl (C=O) groups is 1. The quantitative estimate of drug-likeness (QED) is 0.523. The van der Waals surface area contributed by atoms with Gasteiger partial charge in [-0.25, -0.2) is 0 Å². The van der Waals surface area contributed by atoms with Crippen LogP contribution in [0.5, 0.6) is 11.5 Å². The van der Waals surface area contributed by atoms with Crippen molar-refractivity contribution in [1.82, 2.24) is 4.90 Å². The van der Waals surface area contributed by atoms with Gasteiger partial charge in [0.05, 0.1) is 27.3 Å². The van der Waals surface area contributed by atoms with Crippen molar-refractivity contribution in [2.45, 2.75) is 13.1 Å². The number of nitrogens with zero attached hydrogens (tertiary/aromatic N) is 2. The van der Waals surface area contributed by atoms with Crippen LogP contribution in [0, 0.1) is 0 Å². The number of amides is 1. The van der Waals surface area contributed by atoms with Crippen LogP contribution < -0.4 is 14.4 Å². The number of hydrogen-bond donors (Lipinski definition) is 0. The average Bonchev–Trinajstić information content (AvgIpc) is 3.25. The number of hydrogen-bond acceptors (Lipinski definition) is 5. The molecule has 0 radical (unpaired) electrons. The molecule has 0 aliphatic heterocycles. The Kier molecular flexibility index (Phi) is 7.27. The third-order valence-electron chi connectivity index (χ3n) is 4.57. The molecular formula is C23H26N2O3S.